The van der Waals surface area contributed by atoms with Gasteiger partial charge in [-0.3, -0.25) is 0 Å². The van der Waals surface area contributed by atoms with Gasteiger partial charge in [0.25, 0.3) is 0 Å². The predicted molar refractivity (Wildman–Crippen MR) is 89.7 cm³/mol. The van der Waals surface area contributed by atoms with Crippen molar-refractivity contribution in [2.75, 3.05) is 32.9 Å². The number of hydrogen-bond acceptors (Lipinski definition) is 4. The molecule has 0 aliphatic rings. The Morgan fingerprint density at radius 2 is 2.08 bits per heavy atom. The number of aliphatic imine (C=N–C) groups is 1. The lowest BCUT2D eigenvalue weighted by molar-refractivity contribution is -0.154. The molecular formula is C16H25F3N4O2. The number of nitrogens with zero attached hydrogens (tertiary/aromatic N) is 2. The van der Waals surface area contributed by atoms with E-state index in [2.05, 4.69) is 25.3 Å². The van der Waals surface area contributed by atoms with Gasteiger partial charge in [-0.05, 0) is 31.9 Å². The normalized spacial score (nSPS) is 12.1. The van der Waals surface area contributed by atoms with Gasteiger partial charge in [-0.25, -0.2) is 9.98 Å². The Bertz CT molecular complexity index is 524. The van der Waals surface area contributed by atoms with Crippen LogP contribution in [0.15, 0.2) is 23.3 Å². The molecule has 0 spiro atoms. The maximum Gasteiger partial charge on any atom is 0.422 e. The molecule has 1 heterocycles. The van der Waals surface area contributed by atoms with Gasteiger partial charge in [0.1, 0.15) is 0 Å². The first-order valence-electron chi connectivity index (χ1n) is 8.19. The van der Waals surface area contributed by atoms with Crippen LogP contribution >= 0.6 is 0 Å². The van der Waals surface area contributed by atoms with Crippen LogP contribution in [0.25, 0.3) is 0 Å². The number of guanidine groups is 1. The molecule has 0 saturated heterocycles. The molecule has 1 rings (SSSR count). The molecule has 9 heteroatoms. The lowest BCUT2D eigenvalue weighted by atomic mass is 10.3. The monoisotopic (exact) mass is 362 g/mol. The zero-order valence-electron chi connectivity index (χ0n) is 14.5. The zero-order valence-corrected chi connectivity index (χ0v) is 14.5. The Morgan fingerprint density at radius 1 is 1.28 bits per heavy atom. The number of ether oxygens (including phenoxy) is 2. The maximum atomic E-state index is 12.2. The summed E-state index contributed by atoms with van der Waals surface area (Å²) in [5, 5.41) is 6.28. The van der Waals surface area contributed by atoms with E-state index in [4.69, 9.17) is 4.74 Å². The molecule has 0 saturated carbocycles. The van der Waals surface area contributed by atoms with Crippen molar-refractivity contribution in [1.82, 2.24) is 15.6 Å². The minimum Gasteiger partial charge on any atom is -0.468 e. The van der Waals surface area contributed by atoms with Crippen LogP contribution in [-0.2, 0) is 11.3 Å². The fraction of sp³-hybridized carbons (Fsp3) is 0.625. The Morgan fingerprint density at radius 3 is 2.76 bits per heavy atom. The summed E-state index contributed by atoms with van der Waals surface area (Å²) in [7, 11) is 0. The highest BCUT2D eigenvalue weighted by atomic mass is 19.4. The molecule has 25 heavy (non-hydrogen) atoms. The first-order valence-corrected chi connectivity index (χ1v) is 8.19. The summed E-state index contributed by atoms with van der Waals surface area (Å²) in [6, 6.07) is 3.14. The van der Waals surface area contributed by atoms with Crippen LogP contribution in [-0.4, -0.2) is 50.0 Å². The topological polar surface area (TPSA) is 67.8 Å². The van der Waals surface area contributed by atoms with E-state index in [-0.39, 0.29) is 5.88 Å². The summed E-state index contributed by atoms with van der Waals surface area (Å²) in [5.41, 5.74) is 0.707. The highest BCUT2D eigenvalue weighted by Gasteiger charge is 2.28. The number of aromatic nitrogens is 1. The SMILES string of the molecule is CCNC(=NCc1ccnc(OCC(F)(F)F)c1)NCCCOCC. The summed E-state index contributed by atoms with van der Waals surface area (Å²) < 4.78 is 46.4. The molecule has 142 valence electrons. The molecule has 0 radical (unpaired) electrons. The molecule has 6 nitrogen and oxygen atoms in total. The molecule has 0 atom stereocenters. The summed E-state index contributed by atoms with van der Waals surface area (Å²) >= 11 is 0. The molecule has 1 aromatic heterocycles. The van der Waals surface area contributed by atoms with Crippen LogP contribution in [0.3, 0.4) is 0 Å². The maximum absolute atomic E-state index is 12.2. The third kappa shape index (κ3) is 10.4. The minimum atomic E-state index is -4.39. The Kier molecular flexibility index (Phi) is 9.68. The van der Waals surface area contributed by atoms with Crippen LogP contribution in [0.1, 0.15) is 25.8 Å². The summed E-state index contributed by atoms with van der Waals surface area (Å²) in [4.78, 5) is 8.17. The molecule has 1 aromatic rings. The van der Waals surface area contributed by atoms with Crippen molar-refractivity contribution in [3.8, 4) is 5.88 Å². The molecule has 0 aliphatic carbocycles. The van der Waals surface area contributed by atoms with Crippen LogP contribution < -0.4 is 15.4 Å². The van der Waals surface area contributed by atoms with E-state index in [1.54, 1.807) is 6.07 Å². The van der Waals surface area contributed by atoms with Crippen molar-refractivity contribution >= 4 is 5.96 Å². The van der Waals surface area contributed by atoms with Gasteiger partial charge in [0, 0.05) is 38.6 Å². The van der Waals surface area contributed by atoms with Crippen LogP contribution in [0.5, 0.6) is 5.88 Å². The van der Waals surface area contributed by atoms with Crippen molar-refractivity contribution in [3.05, 3.63) is 23.9 Å². The van der Waals surface area contributed by atoms with E-state index in [0.29, 0.717) is 44.4 Å². The van der Waals surface area contributed by atoms with Gasteiger partial charge in [-0.15, -0.1) is 0 Å². The average Bonchev–Trinajstić information content (AvgIpc) is 2.57. The predicted octanol–water partition coefficient (Wildman–Crippen LogP) is 2.50. The molecule has 0 amide bonds. The van der Waals surface area contributed by atoms with Crippen molar-refractivity contribution < 1.29 is 22.6 Å². The average molecular weight is 362 g/mol. The number of halogens is 3. The third-order valence-corrected chi connectivity index (χ3v) is 2.91. The number of pyridine rings is 1. The second-order valence-electron chi connectivity index (χ2n) is 5.08. The summed E-state index contributed by atoms with van der Waals surface area (Å²) in [6.07, 6.45) is -2.14. The second kappa shape index (κ2) is 11.5. The largest absolute Gasteiger partial charge is 0.468 e. The minimum absolute atomic E-state index is 0.0697. The van der Waals surface area contributed by atoms with Gasteiger partial charge in [0.15, 0.2) is 12.6 Å². The van der Waals surface area contributed by atoms with E-state index in [0.717, 1.165) is 6.42 Å². The standard InChI is InChI=1S/C16H25F3N4O2/c1-3-20-15(22-7-5-9-24-4-2)23-11-13-6-8-21-14(10-13)25-12-16(17,18)19/h6,8,10H,3-5,7,9,11-12H2,1-2H3,(H2,20,22,23). The number of hydrogen-bond donors (Lipinski definition) is 2. The van der Waals surface area contributed by atoms with Crippen molar-refractivity contribution in [2.45, 2.75) is 33.0 Å². The second-order valence-corrected chi connectivity index (χ2v) is 5.08. The van der Waals surface area contributed by atoms with Gasteiger partial charge in [0.2, 0.25) is 5.88 Å². The zero-order chi connectivity index (χ0) is 18.5. The van der Waals surface area contributed by atoms with Crippen molar-refractivity contribution in [2.24, 2.45) is 4.99 Å². The van der Waals surface area contributed by atoms with Gasteiger partial charge in [-0.2, -0.15) is 13.2 Å². The summed E-state index contributed by atoms with van der Waals surface area (Å²) in [5.74, 6) is 0.563. The fourth-order valence-corrected chi connectivity index (χ4v) is 1.82. The Labute approximate surface area is 145 Å². The van der Waals surface area contributed by atoms with Gasteiger partial charge >= 0.3 is 6.18 Å². The molecule has 0 unspecified atom stereocenters. The van der Waals surface area contributed by atoms with Crippen molar-refractivity contribution in [3.63, 3.8) is 0 Å². The van der Waals surface area contributed by atoms with Gasteiger partial charge in [-0.1, -0.05) is 0 Å². The summed E-state index contributed by atoms with van der Waals surface area (Å²) in [6.45, 7) is 5.60. The molecular weight excluding hydrogens is 337 g/mol. The Hall–Kier alpha value is -2.03. The van der Waals surface area contributed by atoms with Crippen molar-refractivity contribution in [1.29, 1.82) is 0 Å². The molecule has 0 aromatic carbocycles. The number of nitrogens with one attached hydrogen (secondary N) is 2. The molecule has 2 N–H and O–H groups in total. The number of alkyl halides is 3. The van der Waals surface area contributed by atoms with E-state index < -0.39 is 12.8 Å². The number of rotatable bonds is 10. The first-order chi connectivity index (χ1) is 11.9. The molecule has 0 aliphatic heterocycles. The highest BCUT2D eigenvalue weighted by molar-refractivity contribution is 5.79. The van der Waals surface area contributed by atoms with E-state index in [9.17, 15) is 13.2 Å². The Balaban J connectivity index is 2.54. The first kappa shape index (κ1) is 21.0. The highest BCUT2D eigenvalue weighted by Crippen LogP contribution is 2.17. The van der Waals surface area contributed by atoms with Gasteiger partial charge in [0.05, 0.1) is 6.54 Å². The molecule has 0 fully saturated rings. The lowest BCUT2D eigenvalue weighted by Gasteiger charge is -2.11. The molecule has 0 bridgehead atoms. The van der Waals surface area contributed by atoms with Crippen LogP contribution in [0.4, 0.5) is 13.2 Å². The van der Waals surface area contributed by atoms with E-state index in [1.165, 1.54) is 12.3 Å². The van der Waals surface area contributed by atoms with Gasteiger partial charge < -0.3 is 20.1 Å². The van der Waals surface area contributed by atoms with Crippen LogP contribution in [0.2, 0.25) is 0 Å². The van der Waals surface area contributed by atoms with E-state index >= 15 is 0 Å². The third-order valence-electron chi connectivity index (χ3n) is 2.91. The van der Waals surface area contributed by atoms with E-state index in [1.807, 2.05) is 13.8 Å². The fourth-order valence-electron chi connectivity index (χ4n) is 1.82. The smallest absolute Gasteiger partial charge is 0.422 e. The lowest BCUT2D eigenvalue weighted by Crippen LogP contribution is -2.38. The quantitative estimate of drug-likeness (QED) is 0.380. The van der Waals surface area contributed by atoms with Crippen LogP contribution in [0, 0.1) is 0 Å².